The highest BCUT2D eigenvalue weighted by molar-refractivity contribution is 7.88. The van der Waals surface area contributed by atoms with E-state index in [4.69, 9.17) is 16.3 Å². The summed E-state index contributed by atoms with van der Waals surface area (Å²) in [5.41, 5.74) is 4.49. The number of rotatable bonds is 5. The Labute approximate surface area is 189 Å². The second-order valence-corrected chi connectivity index (χ2v) is 10.5. The average Bonchev–Trinajstić information content (AvgIpc) is 3.22. The molecule has 0 aliphatic carbocycles. The van der Waals surface area contributed by atoms with Crippen LogP contribution < -0.4 is 4.74 Å². The molecule has 162 valence electrons. The Hall–Kier alpha value is -2.46. The molecule has 0 fully saturated rings. The highest BCUT2D eigenvalue weighted by atomic mass is 35.5. The summed E-state index contributed by atoms with van der Waals surface area (Å²) < 4.78 is 40.5. The number of fused-ring (bicyclic) bond motifs is 1. The van der Waals surface area contributed by atoms with E-state index in [2.05, 4.69) is 10.1 Å². The van der Waals surface area contributed by atoms with E-state index >= 15 is 0 Å². The lowest BCUT2D eigenvalue weighted by atomic mass is 10.0. The summed E-state index contributed by atoms with van der Waals surface area (Å²) in [5.74, 6) is 0.497. The van der Waals surface area contributed by atoms with Gasteiger partial charge in [-0.05, 0) is 44.5 Å². The van der Waals surface area contributed by atoms with Crippen molar-refractivity contribution in [1.29, 1.82) is 0 Å². The Balaban J connectivity index is 1.79. The predicted octanol–water partition coefficient (Wildman–Crippen LogP) is 5.04. The molecule has 1 N–H and O–H groups in total. The predicted molar refractivity (Wildman–Crippen MR) is 122 cm³/mol. The first-order chi connectivity index (χ1) is 14.6. The van der Waals surface area contributed by atoms with Crippen LogP contribution in [0.25, 0.3) is 22.0 Å². The second-order valence-electron chi connectivity index (χ2n) is 7.26. The number of hydrogen-bond donors (Lipinski definition) is 1. The molecule has 0 saturated carbocycles. The highest BCUT2D eigenvalue weighted by Gasteiger charge is 2.23. The van der Waals surface area contributed by atoms with E-state index in [1.807, 2.05) is 36.7 Å². The molecule has 0 radical (unpaired) electrons. The maximum absolute atomic E-state index is 11.8. The fourth-order valence-electron chi connectivity index (χ4n) is 3.70. The van der Waals surface area contributed by atoms with Crippen molar-refractivity contribution < 1.29 is 17.7 Å². The number of halogens is 1. The lowest BCUT2D eigenvalue weighted by Gasteiger charge is -2.12. The number of nitrogens with zero attached hydrogens (tertiary/aromatic N) is 3. The van der Waals surface area contributed by atoms with E-state index in [-0.39, 0.29) is 4.21 Å². The number of methoxy groups -OCH3 is 1. The minimum Gasteiger partial charge on any atom is -0.496 e. The molecule has 0 amide bonds. The largest absolute Gasteiger partial charge is 0.496 e. The minimum atomic E-state index is -4.35. The molecule has 10 heteroatoms. The summed E-state index contributed by atoms with van der Waals surface area (Å²) in [6, 6.07) is 9.17. The standard InChI is InChI=1S/C21H20ClN3O4S2/c1-11-7-17-19(13(3)23-11)20(22)24-25(17)10-14-5-6-15(18(9-14)29-4)16-8-12(2)30-21(16)31(26,27)28/h5-9H,10H2,1-4H3,(H,26,27,28). The molecule has 4 aromatic rings. The van der Waals surface area contributed by atoms with Crippen molar-refractivity contribution in [3.63, 3.8) is 0 Å². The van der Waals surface area contributed by atoms with Crippen LogP contribution in [0.4, 0.5) is 0 Å². The van der Waals surface area contributed by atoms with Crippen LogP contribution in [-0.2, 0) is 16.7 Å². The van der Waals surface area contributed by atoms with Crippen molar-refractivity contribution in [2.45, 2.75) is 31.5 Å². The molecule has 0 atom stereocenters. The molecule has 0 bridgehead atoms. The summed E-state index contributed by atoms with van der Waals surface area (Å²) in [7, 11) is -2.82. The Kier molecular flexibility index (Phi) is 5.55. The molecule has 3 heterocycles. The van der Waals surface area contributed by atoms with Gasteiger partial charge in [-0.2, -0.15) is 13.5 Å². The van der Waals surface area contributed by atoms with Gasteiger partial charge in [0.15, 0.2) is 9.36 Å². The summed E-state index contributed by atoms with van der Waals surface area (Å²) in [6.45, 7) is 6.05. The minimum absolute atomic E-state index is 0.0978. The van der Waals surface area contributed by atoms with Crippen molar-refractivity contribution in [2.75, 3.05) is 7.11 Å². The zero-order valence-corrected chi connectivity index (χ0v) is 19.7. The SMILES string of the molecule is COc1cc(Cn2nc(Cl)c3c(C)nc(C)cc32)ccc1-c1cc(C)sc1S(=O)(=O)O. The normalized spacial score (nSPS) is 11.9. The van der Waals surface area contributed by atoms with Crippen molar-refractivity contribution in [2.24, 2.45) is 0 Å². The van der Waals surface area contributed by atoms with E-state index in [1.165, 1.54) is 7.11 Å². The zero-order chi connectivity index (χ0) is 22.5. The van der Waals surface area contributed by atoms with Crippen LogP contribution in [0.5, 0.6) is 5.75 Å². The average molecular weight is 478 g/mol. The first-order valence-corrected chi connectivity index (χ1v) is 12.0. The Morgan fingerprint density at radius 2 is 1.90 bits per heavy atom. The maximum atomic E-state index is 11.8. The van der Waals surface area contributed by atoms with Gasteiger partial charge in [-0.25, -0.2) is 0 Å². The zero-order valence-electron chi connectivity index (χ0n) is 17.3. The van der Waals surface area contributed by atoms with Crippen LogP contribution in [0.2, 0.25) is 5.15 Å². The Morgan fingerprint density at radius 1 is 1.16 bits per heavy atom. The Bertz CT molecular complexity index is 1420. The molecule has 7 nitrogen and oxygen atoms in total. The third-order valence-corrected chi connectivity index (χ3v) is 7.62. The maximum Gasteiger partial charge on any atom is 0.304 e. The first kappa shape index (κ1) is 21.8. The summed E-state index contributed by atoms with van der Waals surface area (Å²) in [4.78, 5) is 5.23. The third kappa shape index (κ3) is 4.06. The number of pyridine rings is 1. The molecule has 0 saturated heterocycles. The van der Waals surface area contributed by atoms with Gasteiger partial charge in [0.05, 0.1) is 30.3 Å². The topological polar surface area (TPSA) is 94.3 Å². The molecule has 0 unspecified atom stereocenters. The van der Waals surface area contributed by atoms with Crippen molar-refractivity contribution in [1.82, 2.24) is 14.8 Å². The van der Waals surface area contributed by atoms with Crippen LogP contribution in [0.15, 0.2) is 34.5 Å². The lowest BCUT2D eigenvalue weighted by molar-refractivity contribution is 0.415. The van der Waals surface area contributed by atoms with Crippen LogP contribution in [-0.4, -0.2) is 34.8 Å². The molecule has 0 spiro atoms. The van der Waals surface area contributed by atoms with Gasteiger partial charge >= 0.3 is 10.1 Å². The number of ether oxygens (including phenoxy) is 1. The fraction of sp³-hybridized carbons (Fsp3) is 0.238. The van der Waals surface area contributed by atoms with Gasteiger partial charge in [-0.1, -0.05) is 23.7 Å². The molecule has 0 aliphatic heterocycles. The monoisotopic (exact) mass is 477 g/mol. The lowest BCUT2D eigenvalue weighted by Crippen LogP contribution is -2.03. The number of aromatic nitrogens is 3. The third-order valence-electron chi connectivity index (χ3n) is 4.94. The summed E-state index contributed by atoms with van der Waals surface area (Å²) in [6.07, 6.45) is 0. The van der Waals surface area contributed by atoms with Crippen molar-refractivity contribution in [3.05, 3.63) is 57.3 Å². The van der Waals surface area contributed by atoms with Gasteiger partial charge in [0.1, 0.15) is 5.75 Å². The fourth-order valence-corrected chi connectivity index (χ4v) is 6.03. The van der Waals surface area contributed by atoms with Crippen molar-refractivity contribution in [3.8, 4) is 16.9 Å². The van der Waals surface area contributed by atoms with E-state index in [0.29, 0.717) is 28.6 Å². The number of hydrogen-bond acceptors (Lipinski definition) is 6. The van der Waals surface area contributed by atoms with E-state index in [9.17, 15) is 13.0 Å². The molecule has 0 aliphatic rings. The van der Waals surface area contributed by atoms with Gasteiger partial charge in [0, 0.05) is 21.7 Å². The molecular formula is C21H20ClN3O4S2. The van der Waals surface area contributed by atoms with Gasteiger partial charge in [-0.15, -0.1) is 11.3 Å². The quantitative estimate of drug-likeness (QED) is 0.404. The molecular weight excluding hydrogens is 458 g/mol. The number of thiophene rings is 1. The second kappa shape index (κ2) is 7.90. The van der Waals surface area contributed by atoms with Crippen LogP contribution in [0.3, 0.4) is 0 Å². The van der Waals surface area contributed by atoms with Gasteiger partial charge in [0.25, 0.3) is 0 Å². The van der Waals surface area contributed by atoms with Gasteiger partial charge in [0.2, 0.25) is 0 Å². The van der Waals surface area contributed by atoms with Crippen LogP contribution >= 0.6 is 22.9 Å². The molecule has 4 rings (SSSR count). The Morgan fingerprint density at radius 3 is 2.58 bits per heavy atom. The van der Waals surface area contributed by atoms with Gasteiger partial charge < -0.3 is 4.74 Å². The summed E-state index contributed by atoms with van der Waals surface area (Å²) in [5, 5.41) is 5.68. The van der Waals surface area contributed by atoms with Crippen LogP contribution in [0, 0.1) is 20.8 Å². The summed E-state index contributed by atoms with van der Waals surface area (Å²) >= 11 is 7.37. The molecule has 3 aromatic heterocycles. The van der Waals surface area contributed by atoms with Gasteiger partial charge in [-0.3, -0.25) is 14.2 Å². The van der Waals surface area contributed by atoms with E-state index in [1.54, 1.807) is 19.1 Å². The van der Waals surface area contributed by atoms with Crippen molar-refractivity contribution >= 4 is 44.0 Å². The first-order valence-electron chi connectivity index (χ1n) is 9.34. The highest BCUT2D eigenvalue weighted by Crippen LogP contribution is 2.40. The number of benzene rings is 1. The van der Waals surface area contributed by atoms with E-state index < -0.39 is 10.1 Å². The number of aryl methyl sites for hydroxylation is 3. The molecule has 31 heavy (non-hydrogen) atoms. The smallest absolute Gasteiger partial charge is 0.304 e. The molecule has 1 aromatic carbocycles. The van der Waals surface area contributed by atoms with E-state index in [0.717, 1.165) is 44.1 Å². The van der Waals surface area contributed by atoms with Crippen LogP contribution in [0.1, 0.15) is 21.8 Å².